The normalized spacial score (nSPS) is 23.5. The van der Waals surface area contributed by atoms with Crippen molar-refractivity contribution in [3.8, 4) is 0 Å². The molecule has 0 radical (unpaired) electrons. The maximum absolute atomic E-state index is 11.8. The van der Waals surface area contributed by atoms with Crippen molar-refractivity contribution in [2.75, 3.05) is 24.7 Å². The molecule has 0 spiro atoms. The lowest BCUT2D eigenvalue weighted by Gasteiger charge is -2.17. The minimum Gasteiger partial charge on any atom is -0.465 e. The highest BCUT2D eigenvalue weighted by molar-refractivity contribution is 7.99. The van der Waals surface area contributed by atoms with Crippen molar-refractivity contribution in [1.82, 2.24) is 0 Å². The standard InChI is InChI=1S/C18H26O4S/c19-17(15-7-3-1-4-8-15)21-11-13-23-14-12-22-18(20)16-9-5-2-6-10-16/h1-3,5,15-16H,4,6-14H2/t15-,16-/m1/s1. The molecule has 2 rings (SSSR count). The molecule has 0 saturated heterocycles. The molecule has 0 aromatic rings. The van der Waals surface area contributed by atoms with Crippen LogP contribution < -0.4 is 0 Å². The van der Waals surface area contributed by atoms with Crippen LogP contribution in [0.4, 0.5) is 0 Å². The molecular formula is C18H26O4S. The van der Waals surface area contributed by atoms with Crippen molar-refractivity contribution in [2.24, 2.45) is 11.8 Å². The average molecular weight is 338 g/mol. The fourth-order valence-electron chi connectivity index (χ4n) is 2.76. The van der Waals surface area contributed by atoms with Gasteiger partial charge in [0.25, 0.3) is 0 Å². The molecule has 2 aliphatic rings. The van der Waals surface area contributed by atoms with E-state index in [0.717, 1.165) is 50.0 Å². The van der Waals surface area contributed by atoms with Gasteiger partial charge in [-0.3, -0.25) is 9.59 Å². The summed E-state index contributed by atoms with van der Waals surface area (Å²) in [6, 6.07) is 0. The Kier molecular flexibility index (Phi) is 8.29. The SMILES string of the molecule is O=C(OCCSCCOC(=O)[C@@H]1CC=CCC1)[C@@H]1CC=CCC1. The second kappa shape index (κ2) is 10.5. The summed E-state index contributed by atoms with van der Waals surface area (Å²) in [6.45, 7) is 0.871. The highest BCUT2D eigenvalue weighted by Crippen LogP contribution is 2.20. The molecule has 23 heavy (non-hydrogen) atoms. The summed E-state index contributed by atoms with van der Waals surface area (Å²) >= 11 is 1.65. The zero-order valence-corrected chi connectivity index (χ0v) is 14.4. The highest BCUT2D eigenvalue weighted by atomic mass is 32.2. The van der Waals surface area contributed by atoms with Crippen LogP contribution in [0.2, 0.25) is 0 Å². The lowest BCUT2D eigenvalue weighted by atomic mass is 9.95. The molecule has 0 fully saturated rings. The zero-order chi connectivity index (χ0) is 16.3. The van der Waals surface area contributed by atoms with Crippen LogP contribution in [-0.4, -0.2) is 36.7 Å². The predicted octanol–water partition coefficient (Wildman–Crippen LogP) is 3.52. The summed E-state index contributed by atoms with van der Waals surface area (Å²) < 4.78 is 10.6. The number of esters is 2. The molecule has 128 valence electrons. The Bertz CT molecular complexity index is 404. The van der Waals surface area contributed by atoms with Gasteiger partial charge in [-0.05, 0) is 38.5 Å². The van der Waals surface area contributed by atoms with Gasteiger partial charge < -0.3 is 9.47 Å². The summed E-state index contributed by atoms with van der Waals surface area (Å²) in [5.74, 6) is 1.42. The number of carbonyl (C=O) groups is 2. The maximum Gasteiger partial charge on any atom is 0.309 e. The Balaban J connectivity index is 1.44. The van der Waals surface area contributed by atoms with Gasteiger partial charge in [0.15, 0.2) is 0 Å². The Morgan fingerprint density at radius 2 is 1.30 bits per heavy atom. The van der Waals surface area contributed by atoms with E-state index >= 15 is 0 Å². The van der Waals surface area contributed by atoms with Gasteiger partial charge in [-0.2, -0.15) is 11.8 Å². The van der Waals surface area contributed by atoms with E-state index in [1.807, 2.05) is 0 Å². The van der Waals surface area contributed by atoms with Gasteiger partial charge in [0.2, 0.25) is 0 Å². The first-order valence-corrected chi connectivity index (χ1v) is 9.64. The Hall–Kier alpha value is -1.23. The number of rotatable bonds is 8. The molecule has 0 aromatic heterocycles. The highest BCUT2D eigenvalue weighted by Gasteiger charge is 2.20. The molecule has 5 heteroatoms. The molecule has 2 aliphatic carbocycles. The molecule has 0 bridgehead atoms. The second-order valence-corrected chi connectivity index (χ2v) is 7.13. The lowest BCUT2D eigenvalue weighted by Crippen LogP contribution is -2.20. The van der Waals surface area contributed by atoms with Crippen LogP contribution in [0, 0.1) is 11.8 Å². The number of allylic oxidation sites excluding steroid dienone is 4. The number of hydrogen-bond donors (Lipinski definition) is 0. The summed E-state index contributed by atoms with van der Waals surface area (Å²) in [6.07, 6.45) is 13.7. The molecule has 0 N–H and O–H groups in total. The van der Waals surface area contributed by atoms with E-state index in [2.05, 4.69) is 24.3 Å². The quantitative estimate of drug-likeness (QED) is 0.385. The van der Waals surface area contributed by atoms with Crippen LogP contribution in [0.25, 0.3) is 0 Å². The minimum absolute atomic E-state index is 0.0375. The van der Waals surface area contributed by atoms with Crippen molar-refractivity contribution in [3.05, 3.63) is 24.3 Å². The Labute approximate surface area is 142 Å². The minimum atomic E-state index is -0.0771. The van der Waals surface area contributed by atoms with E-state index < -0.39 is 0 Å². The molecule has 0 saturated carbocycles. The van der Waals surface area contributed by atoms with E-state index in [1.165, 1.54) is 0 Å². The largest absolute Gasteiger partial charge is 0.465 e. The van der Waals surface area contributed by atoms with Gasteiger partial charge in [0, 0.05) is 11.5 Å². The molecule has 0 aliphatic heterocycles. The average Bonchev–Trinajstić information content (AvgIpc) is 2.62. The van der Waals surface area contributed by atoms with Crippen LogP contribution >= 0.6 is 11.8 Å². The van der Waals surface area contributed by atoms with Gasteiger partial charge in [0.05, 0.1) is 11.8 Å². The van der Waals surface area contributed by atoms with Crippen LogP contribution in [0.5, 0.6) is 0 Å². The number of ether oxygens (including phenoxy) is 2. The van der Waals surface area contributed by atoms with Gasteiger partial charge in [-0.15, -0.1) is 0 Å². The third-order valence-corrected chi connectivity index (χ3v) is 5.06. The van der Waals surface area contributed by atoms with Crippen molar-refractivity contribution >= 4 is 23.7 Å². The fraction of sp³-hybridized carbons (Fsp3) is 0.667. The van der Waals surface area contributed by atoms with Gasteiger partial charge in [0.1, 0.15) is 13.2 Å². The van der Waals surface area contributed by atoms with Crippen molar-refractivity contribution in [1.29, 1.82) is 0 Å². The number of carbonyl (C=O) groups excluding carboxylic acids is 2. The third-order valence-electron chi connectivity index (χ3n) is 4.15. The first-order chi connectivity index (χ1) is 11.3. The summed E-state index contributed by atoms with van der Waals surface area (Å²) in [5, 5.41) is 0. The third kappa shape index (κ3) is 6.81. The van der Waals surface area contributed by atoms with Crippen LogP contribution in [0.3, 0.4) is 0 Å². The molecule has 0 unspecified atom stereocenters. The van der Waals surface area contributed by atoms with Gasteiger partial charge in [-0.1, -0.05) is 24.3 Å². The van der Waals surface area contributed by atoms with Crippen molar-refractivity contribution in [3.63, 3.8) is 0 Å². The maximum atomic E-state index is 11.8. The Morgan fingerprint density at radius 3 is 1.70 bits per heavy atom. The Morgan fingerprint density at radius 1 is 0.826 bits per heavy atom. The second-order valence-electron chi connectivity index (χ2n) is 5.91. The smallest absolute Gasteiger partial charge is 0.309 e. The zero-order valence-electron chi connectivity index (χ0n) is 13.6. The summed E-state index contributed by atoms with van der Waals surface area (Å²) in [4.78, 5) is 23.6. The van der Waals surface area contributed by atoms with Crippen LogP contribution in [-0.2, 0) is 19.1 Å². The first kappa shape index (κ1) is 18.1. The molecule has 4 nitrogen and oxygen atoms in total. The summed E-state index contributed by atoms with van der Waals surface area (Å²) in [5.41, 5.74) is 0. The molecule has 0 amide bonds. The monoisotopic (exact) mass is 338 g/mol. The topological polar surface area (TPSA) is 52.6 Å². The van der Waals surface area contributed by atoms with E-state index in [1.54, 1.807) is 11.8 Å². The lowest BCUT2D eigenvalue weighted by molar-refractivity contribution is -0.148. The molecule has 0 heterocycles. The first-order valence-electron chi connectivity index (χ1n) is 8.48. The predicted molar refractivity (Wildman–Crippen MR) is 92.2 cm³/mol. The van der Waals surface area contributed by atoms with Crippen molar-refractivity contribution < 1.29 is 19.1 Å². The molecular weight excluding hydrogens is 312 g/mol. The number of hydrogen-bond acceptors (Lipinski definition) is 5. The fourth-order valence-corrected chi connectivity index (χ4v) is 3.36. The van der Waals surface area contributed by atoms with E-state index in [9.17, 15) is 9.59 Å². The number of thioether (sulfide) groups is 1. The molecule has 0 aromatic carbocycles. The van der Waals surface area contributed by atoms with Crippen molar-refractivity contribution in [2.45, 2.75) is 38.5 Å². The van der Waals surface area contributed by atoms with Gasteiger partial charge in [-0.25, -0.2) is 0 Å². The van der Waals surface area contributed by atoms with E-state index in [4.69, 9.17) is 9.47 Å². The van der Waals surface area contributed by atoms with E-state index in [0.29, 0.717) is 13.2 Å². The van der Waals surface area contributed by atoms with Crippen LogP contribution in [0.15, 0.2) is 24.3 Å². The summed E-state index contributed by atoms with van der Waals surface area (Å²) in [7, 11) is 0. The molecule has 2 atom stereocenters. The van der Waals surface area contributed by atoms with Crippen LogP contribution in [0.1, 0.15) is 38.5 Å². The van der Waals surface area contributed by atoms with Gasteiger partial charge >= 0.3 is 11.9 Å². The van der Waals surface area contributed by atoms with E-state index in [-0.39, 0.29) is 23.8 Å².